The Hall–Kier alpha value is -3.84. The number of hydrogen-bond donors (Lipinski definition) is 1. The van der Waals surface area contributed by atoms with E-state index in [9.17, 15) is 14.7 Å². The molecule has 2 unspecified atom stereocenters. The standard InChI is InChI=1S/C30H35NO6/c1-4-35-27-17-16-25(19-28(27)36-5-2)18-26(29(30(33)34)37-22(3)32)31(20-23-12-8-6-9-13-23)21-24-14-10-7-11-15-24/h6-17,19,26,29H,4-5,18,20-21H2,1-3H3,(H,33,34). The van der Waals surface area contributed by atoms with Gasteiger partial charge in [0.1, 0.15) is 0 Å². The van der Waals surface area contributed by atoms with Crippen molar-refractivity contribution in [3.8, 4) is 11.5 Å². The molecule has 1 N–H and O–H groups in total. The van der Waals surface area contributed by atoms with Crippen LogP contribution in [0.25, 0.3) is 0 Å². The Labute approximate surface area is 218 Å². The van der Waals surface area contributed by atoms with Crippen LogP contribution in [0.3, 0.4) is 0 Å². The molecule has 0 fully saturated rings. The SMILES string of the molecule is CCOc1ccc(CC(C(OC(C)=O)C(=O)O)N(Cc2ccccc2)Cc2ccccc2)cc1OCC. The number of nitrogens with zero attached hydrogens (tertiary/aromatic N) is 1. The van der Waals surface area contributed by atoms with E-state index < -0.39 is 24.1 Å². The number of carboxylic acids is 1. The molecule has 0 amide bonds. The van der Waals surface area contributed by atoms with Gasteiger partial charge in [-0.3, -0.25) is 9.69 Å². The molecule has 0 spiro atoms. The maximum atomic E-state index is 12.4. The third-order valence-electron chi connectivity index (χ3n) is 5.86. The Bertz CT molecular complexity index is 1090. The third-order valence-corrected chi connectivity index (χ3v) is 5.86. The first kappa shape index (κ1) is 27.7. The van der Waals surface area contributed by atoms with Crippen LogP contribution in [-0.4, -0.2) is 47.3 Å². The minimum absolute atomic E-state index is 0.316. The number of aliphatic carboxylic acids is 1. The van der Waals surface area contributed by atoms with Crippen LogP contribution in [0.4, 0.5) is 0 Å². The topological polar surface area (TPSA) is 85.3 Å². The van der Waals surface area contributed by atoms with Crippen LogP contribution in [-0.2, 0) is 33.8 Å². The van der Waals surface area contributed by atoms with Gasteiger partial charge in [-0.05, 0) is 49.1 Å². The van der Waals surface area contributed by atoms with Crippen molar-refractivity contribution in [2.75, 3.05) is 13.2 Å². The lowest BCUT2D eigenvalue weighted by Crippen LogP contribution is -2.49. The number of carbonyl (C=O) groups is 2. The van der Waals surface area contributed by atoms with E-state index >= 15 is 0 Å². The zero-order chi connectivity index (χ0) is 26.6. The maximum Gasteiger partial charge on any atom is 0.346 e. The second-order valence-corrected chi connectivity index (χ2v) is 8.66. The highest BCUT2D eigenvalue weighted by atomic mass is 16.6. The second-order valence-electron chi connectivity index (χ2n) is 8.66. The molecule has 3 aromatic carbocycles. The maximum absolute atomic E-state index is 12.4. The molecular formula is C30H35NO6. The third kappa shape index (κ3) is 8.36. The van der Waals surface area contributed by atoms with Gasteiger partial charge in [-0.1, -0.05) is 66.7 Å². The van der Waals surface area contributed by atoms with Gasteiger partial charge in [-0.2, -0.15) is 0 Å². The van der Waals surface area contributed by atoms with Crippen LogP contribution in [0.15, 0.2) is 78.9 Å². The number of esters is 1. The average molecular weight is 506 g/mol. The molecular weight excluding hydrogens is 470 g/mol. The fraction of sp³-hybridized carbons (Fsp3) is 0.333. The van der Waals surface area contributed by atoms with Crippen molar-refractivity contribution >= 4 is 11.9 Å². The summed E-state index contributed by atoms with van der Waals surface area (Å²) in [6.07, 6.45) is -1.05. The first-order chi connectivity index (χ1) is 17.9. The lowest BCUT2D eigenvalue weighted by atomic mass is 9.97. The van der Waals surface area contributed by atoms with Crippen LogP contribution in [0.1, 0.15) is 37.5 Å². The molecule has 0 aromatic heterocycles. The van der Waals surface area contributed by atoms with Gasteiger partial charge in [-0.25, -0.2) is 4.79 Å². The van der Waals surface area contributed by atoms with Gasteiger partial charge in [0.25, 0.3) is 0 Å². The summed E-state index contributed by atoms with van der Waals surface area (Å²) in [7, 11) is 0. The monoisotopic (exact) mass is 505 g/mol. The van der Waals surface area contributed by atoms with Crippen molar-refractivity contribution in [3.63, 3.8) is 0 Å². The van der Waals surface area contributed by atoms with Crippen LogP contribution < -0.4 is 9.47 Å². The van der Waals surface area contributed by atoms with Crippen LogP contribution in [0.5, 0.6) is 11.5 Å². The molecule has 0 aliphatic heterocycles. The van der Waals surface area contributed by atoms with E-state index in [1.165, 1.54) is 6.92 Å². The van der Waals surface area contributed by atoms with E-state index in [4.69, 9.17) is 14.2 Å². The molecule has 196 valence electrons. The Balaban J connectivity index is 2.05. The van der Waals surface area contributed by atoms with Crippen LogP contribution >= 0.6 is 0 Å². The van der Waals surface area contributed by atoms with Gasteiger partial charge in [-0.15, -0.1) is 0 Å². The molecule has 0 saturated heterocycles. The molecule has 0 aliphatic carbocycles. The summed E-state index contributed by atoms with van der Waals surface area (Å²) in [6.45, 7) is 6.94. The molecule has 2 atom stereocenters. The first-order valence-corrected chi connectivity index (χ1v) is 12.5. The van der Waals surface area contributed by atoms with Crippen molar-refractivity contribution < 1.29 is 28.9 Å². The van der Waals surface area contributed by atoms with E-state index in [1.54, 1.807) is 0 Å². The minimum atomic E-state index is -1.37. The summed E-state index contributed by atoms with van der Waals surface area (Å²) >= 11 is 0. The van der Waals surface area contributed by atoms with Crippen LogP contribution in [0.2, 0.25) is 0 Å². The van der Waals surface area contributed by atoms with Crippen molar-refractivity contribution in [1.29, 1.82) is 0 Å². The Morgan fingerprint density at radius 1 is 0.784 bits per heavy atom. The smallest absolute Gasteiger partial charge is 0.346 e. The molecule has 0 bridgehead atoms. The number of hydrogen-bond acceptors (Lipinski definition) is 6. The largest absolute Gasteiger partial charge is 0.490 e. The summed E-state index contributed by atoms with van der Waals surface area (Å²) in [6, 6.07) is 24.6. The Morgan fingerprint density at radius 2 is 1.32 bits per heavy atom. The second kappa shape index (κ2) is 14.0. The molecule has 0 saturated carbocycles. The highest BCUT2D eigenvalue weighted by Crippen LogP contribution is 2.30. The van der Waals surface area contributed by atoms with Gasteiger partial charge in [0.05, 0.1) is 19.3 Å². The molecule has 0 heterocycles. The van der Waals surface area contributed by atoms with Crippen molar-refractivity contribution in [2.24, 2.45) is 0 Å². The van der Waals surface area contributed by atoms with Crippen molar-refractivity contribution in [2.45, 2.75) is 52.4 Å². The van der Waals surface area contributed by atoms with E-state index in [0.717, 1.165) is 16.7 Å². The molecule has 0 radical (unpaired) electrons. The Kier molecular flexibility index (Phi) is 10.5. The Morgan fingerprint density at radius 3 is 1.81 bits per heavy atom. The molecule has 37 heavy (non-hydrogen) atoms. The lowest BCUT2D eigenvalue weighted by molar-refractivity contribution is -0.168. The quantitative estimate of drug-likeness (QED) is 0.305. The van der Waals surface area contributed by atoms with E-state index in [0.29, 0.717) is 44.2 Å². The highest BCUT2D eigenvalue weighted by Gasteiger charge is 2.36. The van der Waals surface area contributed by atoms with E-state index in [2.05, 4.69) is 4.90 Å². The number of carboxylic acid groups (broad SMARTS) is 1. The summed E-state index contributed by atoms with van der Waals surface area (Å²) in [5, 5.41) is 10.2. The molecule has 7 heteroatoms. The highest BCUT2D eigenvalue weighted by molar-refractivity contribution is 5.77. The fourth-order valence-corrected chi connectivity index (χ4v) is 4.29. The summed E-state index contributed by atoms with van der Waals surface area (Å²) in [5.41, 5.74) is 2.90. The average Bonchev–Trinajstić information content (AvgIpc) is 2.88. The van der Waals surface area contributed by atoms with Gasteiger partial charge < -0.3 is 19.3 Å². The lowest BCUT2D eigenvalue weighted by Gasteiger charge is -2.35. The summed E-state index contributed by atoms with van der Waals surface area (Å²) in [5.74, 6) is -0.608. The zero-order valence-corrected chi connectivity index (χ0v) is 21.6. The molecule has 7 nitrogen and oxygen atoms in total. The van der Waals surface area contributed by atoms with Crippen LogP contribution in [0, 0.1) is 0 Å². The summed E-state index contributed by atoms with van der Waals surface area (Å²) in [4.78, 5) is 26.5. The molecule has 3 rings (SSSR count). The van der Waals surface area contributed by atoms with Crippen molar-refractivity contribution in [3.05, 3.63) is 95.6 Å². The predicted molar refractivity (Wildman–Crippen MR) is 142 cm³/mol. The molecule has 0 aliphatic rings. The van der Waals surface area contributed by atoms with Gasteiger partial charge >= 0.3 is 11.9 Å². The van der Waals surface area contributed by atoms with Gasteiger partial charge in [0.15, 0.2) is 11.5 Å². The number of benzene rings is 3. The predicted octanol–water partition coefficient (Wildman–Crippen LogP) is 5.11. The molecule has 3 aromatic rings. The minimum Gasteiger partial charge on any atom is -0.490 e. The number of rotatable bonds is 14. The van der Waals surface area contributed by atoms with Gasteiger partial charge in [0.2, 0.25) is 6.10 Å². The normalized spacial score (nSPS) is 12.5. The number of carbonyl (C=O) groups excluding carboxylic acids is 1. The van der Waals surface area contributed by atoms with E-state index in [1.807, 2.05) is 92.7 Å². The summed E-state index contributed by atoms with van der Waals surface area (Å²) < 4.78 is 16.9. The van der Waals surface area contributed by atoms with Crippen molar-refractivity contribution in [1.82, 2.24) is 4.90 Å². The van der Waals surface area contributed by atoms with E-state index in [-0.39, 0.29) is 0 Å². The fourth-order valence-electron chi connectivity index (χ4n) is 4.29. The number of ether oxygens (including phenoxy) is 3. The van der Waals surface area contributed by atoms with Gasteiger partial charge in [0, 0.05) is 20.0 Å². The zero-order valence-electron chi connectivity index (χ0n) is 21.6. The first-order valence-electron chi connectivity index (χ1n) is 12.5.